The van der Waals surface area contributed by atoms with Gasteiger partial charge in [0.2, 0.25) is 6.29 Å². The molecule has 0 bridgehead atoms. The van der Waals surface area contributed by atoms with Crippen molar-refractivity contribution in [3.05, 3.63) is 0 Å². The van der Waals surface area contributed by atoms with Gasteiger partial charge in [0.1, 0.15) is 0 Å². The second-order valence-electron chi connectivity index (χ2n) is 1.17. The van der Waals surface area contributed by atoms with Crippen LogP contribution in [-0.4, -0.2) is 25.5 Å². The lowest BCUT2D eigenvalue weighted by molar-refractivity contribution is -0.0512. The molecule has 0 heterocycles. The largest absolute Gasteiger partial charge is 0.350 e. The molecule has 0 saturated carbocycles. The van der Waals surface area contributed by atoms with Crippen molar-refractivity contribution in [2.75, 3.05) is 14.2 Å². The van der Waals surface area contributed by atoms with E-state index in [1.165, 1.54) is 14.2 Å². The summed E-state index contributed by atoms with van der Waals surface area (Å²) in [6.07, 6.45) is -0.648. The summed E-state index contributed by atoms with van der Waals surface area (Å²) in [5.41, 5.74) is 6.82. The Kier molecular flexibility index (Phi) is 3.68. The third-order valence-corrected chi connectivity index (χ3v) is 0.835. The smallest absolute Gasteiger partial charge is 0.210 e. The molecule has 1 radical (unpaired) electrons. The molecule has 0 atom stereocenters. The number of rotatable bonds is 3. The summed E-state index contributed by atoms with van der Waals surface area (Å²) in [5, 5.41) is 0. The van der Waals surface area contributed by atoms with Crippen LogP contribution in [0.3, 0.4) is 0 Å². The molecule has 0 aromatic rings. The Morgan fingerprint density at radius 1 is 1.50 bits per heavy atom. The number of hydrogen-bond acceptors (Lipinski definition) is 3. The van der Waals surface area contributed by atoms with Gasteiger partial charge in [-0.15, -0.1) is 0 Å². The molecule has 0 aliphatic carbocycles. The molecule has 47 valence electrons. The molecule has 4 heteroatoms. The average Bonchev–Trinajstić information content (AvgIpc) is 1.69. The maximum atomic E-state index is 6.82. The van der Waals surface area contributed by atoms with Gasteiger partial charge in [-0.05, 0) is 0 Å². The van der Waals surface area contributed by atoms with Gasteiger partial charge in [-0.25, -0.2) is 0 Å². The van der Waals surface area contributed by atoms with E-state index in [4.69, 9.17) is 5.73 Å². The molecule has 3 nitrogen and oxygen atoms in total. The zero-order chi connectivity index (χ0) is 6.57. The summed E-state index contributed by atoms with van der Waals surface area (Å²) in [5.74, 6) is 0. The van der Waals surface area contributed by atoms with Gasteiger partial charge in [0.25, 0.3) is 0 Å². The van der Waals surface area contributed by atoms with Crippen LogP contribution in [0.5, 0.6) is 0 Å². The molecule has 0 aromatic heterocycles. The van der Waals surface area contributed by atoms with Crippen molar-refractivity contribution in [1.29, 1.82) is 0 Å². The molecule has 0 fully saturated rings. The highest BCUT2D eigenvalue weighted by Gasteiger charge is 2.06. The second-order valence-corrected chi connectivity index (χ2v) is 1.61. The van der Waals surface area contributed by atoms with Gasteiger partial charge >= 0.3 is 0 Å². The van der Waals surface area contributed by atoms with Crippen molar-refractivity contribution in [3.63, 3.8) is 0 Å². The summed E-state index contributed by atoms with van der Waals surface area (Å²) in [6.45, 7) is 0. The summed E-state index contributed by atoms with van der Waals surface area (Å²) >= 11 is 4.43. The number of ether oxygens (including phenoxy) is 2. The van der Waals surface area contributed by atoms with Crippen molar-refractivity contribution in [1.82, 2.24) is 5.73 Å². The van der Waals surface area contributed by atoms with Crippen molar-refractivity contribution < 1.29 is 9.47 Å². The van der Waals surface area contributed by atoms with Crippen LogP contribution >= 0.6 is 12.2 Å². The van der Waals surface area contributed by atoms with Crippen LogP contribution in [0.15, 0.2) is 0 Å². The Hall–Kier alpha value is -0.190. The van der Waals surface area contributed by atoms with Crippen LogP contribution in [0.2, 0.25) is 0 Å². The maximum Gasteiger partial charge on any atom is 0.210 e. The molecule has 0 saturated heterocycles. The van der Waals surface area contributed by atoms with Crippen LogP contribution in [-0.2, 0) is 9.47 Å². The van der Waals surface area contributed by atoms with Crippen molar-refractivity contribution in [2.45, 2.75) is 6.29 Å². The lowest BCUT2D eigenvalue weighted by Gasteiger charge is -2.08. The fourth-order valence-corrected chi connectivity index (χ4v) is 0.503. The normalized spacial score (nSPS) is 9.88. The van der Waals surface area contributed by atoms with Gasteiger partial charge in [0.05, 0.1) is 0 Å². The standard InChI is InChI=1S/C4H8NO2S/c1-6-4(7-2)3(5)8/h4-5H,1-2H3. The van der Waals surface area contributed by atoms with Crippen molar-refractivity contribution >= 4 is 17.2 Å². The summed E-state index contributed by atoms with van der Waals surface area (Å²) < 4.78 is 9.22. The number of nitrogens with one attached hydrogen (secondary N) is 1. The van der Waals surface area contributed by atoms with Gasteiger partial charge < -0.3 is 9.47 Å². The molecule has 0 aliphatic heterocycles. The van der Waals surface area contributed by atoms with Crippen LogP contribution in [0, 0.1) is 0 Å². The number of thiocarbonyl (C=S) groups is 1. The van der Waals surface area contributed by atoms with E-state index in [9.17, 15) is 0 Å². The molecule has 0 amide bonds. The van der Waals surface area contributed by atoms with Crippen LogP contribution in [0.1, 0.15) is 0 Å². The van der Waals surface area contributed by atoms with E-state index in [1.54, 1.807) is 0 Å². The van der Waals surface area contributed by atoms with Gasteiger partial charge in [-0.2, -0.15) is 0 Å². The Balaban J connectivity index is 3.52. The third-order valence-electron chi connectivity index (χ3n) is 0.642. The first-order valence-corrected chi connectivity index (χ1v) is 2.44. The fraction of sp³-hybridized carbons (Fsp3) is 0.750. The van der Waals surface area contributed by atoms with Gasteiger partial charge in [0.15, 0.2) is 4.99 Å². The first-order valence-electron chi connectivity index (χ1n) is 2.03. The van der Waals surface area contributed by atoms with Crippen molar-refractivity contribution in [3.8, 4) is 0 Å². The quantitative estimate of drug-likeness (QED) is 0.409. The highest BCUT2D eigenvalue weighted by Crippen LogP contribution is 1.89. The predicted molar refractivity (Wildman–Crippen MR) is 33.5 cm³/mol. The highest BCUT2D eigenvalue weighted by atomic mass is 32.1. The lowest BCUT2D eigenvalue weighted by Crippen LogP contribution is -2.23. The van der Waals surface area contributed by atoms with Crippen molar-refractivity contribution in [2.24, 2.45) is 0 Å². The van der Waals surface area contributed by atoms with E-state index in [0.29, 0.717) is 0 Å². The zero-order valence-electron chi connectivity index (χ0n) is 4.80. The first-order chi connectivity index (χ1) is 3.72. The zero-order valence-corrected chi connectivity index (χ0v) is 5.62. The minimum absolute atomic E-state index is 0.0324. The Morgan fingerprint density at radius 3 is 1.88 bits per heavy atom. The Morgan fingerprint density at radius 2 is 1.88 bits per heavy atom. The van der Waals surface area contributed by atoms with E-state index in [0.717, 1.165) is 0 Å². The Labute approximate surface area is 53.8 Å². The van der Waals surface area contributed by atoms with Crippen LogP contribution < -0.4 is 5.73 Å². The number of methoxy groups -OCH3 is 2. The second kappa shape index (κ2) is 3.77. The minimum atomic E-state index is -0.648. The number of hydrogen-bond donors (Lipinski definition) is 0. The molecule has 0 unspecified atom stereocenters. The average molecular weight is 134 g/mol. The third kappa shape index (κ3) is 2.20. The van der Waals surface area contributed by atoms with E-state index in [-0.39, 0.29) is 4.99 Å². The fourth-order valence-electron chi connectivity index (χ4n) is 0.310. The van der Waals surface area contributed by atoms with Crippen LogP contribution in [0.4, 0.5) is 0 Å². The van der Waals surface area contributed by atoms with E-state index in [1.807, 2.05) is 0 Å². The van der Waals surface area contributed by atoms with Gasteiger partial charge in [0, 0.05) is 14.2 Å². The molecular weight excluding hydrogens is 126 g/mol. The molecule has 0 aliphatic rings. The molecule has 0 rings (SSSR count). The SMILES string of the molecule is COC(OC)C([NH])=S. The summed E-state index contributed by atoms with van der Waals surface area (Å²) in [6, 6.07) is 0. The molecule has 1 N–H and O–H groups in total. The minimum Gasteiger partial charge on any atom is -0.350 e. The van der Waals surface area contributed by atoms with Gasteiger partial charge in [-0.3, -0.25) is 5.73 Å². The van der Waals surface area contributed by atoms with E-state index < -0.39 is 6.29 Å². The topological polar surface area (TPSA) is 42.3 Å². The lowest BCUT2D eigenvalue weighted by atomic mass is 10.6. The molecule has 0 spiro atoms. The molecular formula is C4H8NO2S. The van der Waals surface area contributed by atoms with Crippen LogP contribution in [0.25, 0.3) is 0 Å². The predicted octanol–water partition coefficient (Wildman–Crippen LogP) is 0.216. The summed E-state index contributed by atoms with van der Waals surface area (Å²) in [4.78, 5) is -0.0324. The first kappa shape index (κ1) is 7.81. The monoisotopic (exact) mass is 134 g/mol. The summed E-state index contributed by atoms with van der Waals surface area (Å²) in [7, 11) is 2.88. The molecule has 8 heavy (non-hydrogen) atoms. The maximum absolute atomic E-state index is 6.82. The Bertz CT molecular complexity index is 82.1. The highest BCUT2D eigenvalue weighted by molar-refractivity contribution is 7.80. The van der Waals surface area contributed by atoms with E-state index >= 15 is 0 Å². The van der Waals surface area contributed by atoms with E-state index in [2.05, 4.69) is 21.7 Å². The molecule has 0 aromatic carbocycles. The van der Waals surface area contributed by atoms with Gasteiger partial charge in [-0.1, -0.05) is 12.2 Å².